The van der Waals surface area contributed by atoms with E-state index in [9.17, 15) is 4.79 Å². The Balaban J connectivity index is 1.57. The Labute approximate surface area is 158 Å². The van der Waals surface area contributed by atoms with Gasteiger partial charge in [0.25, 0.3) is 5.91 Å². The van der Waals surface area contributed by atoms with Crippen LogP contribution < -0.4 is 10.2 Å². The lowest BCUT2D eigenvalue weighted by molar-refractivity contribution is 0.0949. The van der Waals surface area contributed by atoms with Crippen LogP contribution >= 0.6 is 0 Å². The van der Waals surface area contributed by atoms with Crippen molar-refractivity contribution in [1.29, 1.82) is 0 Å². The van der Waals surface area contributed by atoms with Gasteiger partial charge < -0.3 is 4.74 Å². The number of aryl methyl sites for hydroxylation is 1. The number of nitrogens with one attached hydrogen (secondary N) is 2. The number of rotatable bonds is 7. The van der Waals surface area contributed by atoms with Crippen LogP contribution in [0.1, 0.15) is 29.4 Å². The van der Waals surface area contributed by atoms with Gasteiger partial charge in [-0.15, -0.1) is 0 Å². The molecule has 0 radical (unpaired) electrons. The second kappa shape index (κ2) is 8.80. The van der Waals surface area contributed by atoms with Crippen LogP contribution in [0.15, 0.2) is 65.8 Å². The molecule has 27 heavy (non-hydrogen) atoms. The monoisotopic (exact) mass is 362 g/mol. The maximum absolute atomic E-state index is 12.3. The molecule has 0 fully saturated rings. The lowest BCUT2D eigenvalue weighted by Crippen LogP contribution is -2.19. The summed E-state index contributed by atoms with van der Waals surface area (Å²) in [4.78, 5) is 12.3. The minimum Gasteiger partial charge on any atom is -0.497 e. The first-order valence-electron chi connectivity index (χ1n) is 8.73. The van der Waals surface area contributed by atoms with E-state index in [1.807, 2.05) is 49.4 Å². The molecular formula is C21H22N4O2. The number of carbonyl (C=O) groups is 1. The smallest absolute Gasteiger partial charge is 0.289 e. The first-order chi connectivity index (χ1) is 13.2. The van der Waals surface area contributed by atoms with E-state index in [-0.39, 0.29) is 5.91 Å². The number of amides is 1. The zero-order valence-corrected chi connectivity index (χ0v) is 15.4. The van der Waals surface area contributed by atoms with Gasteiger partial charge in [-0.3, -0.25) is 9.89 Å². The summed E-state index contributed by atoms with van der Waals surface area (Å²) in [7, 11) is 1.62. The maximum Gasteiger partial charge on any atom is 0.289 e. The number of ether oxygens (including phenoxy) is 1. The van der Waals surface area contributed by atoms with Gasteiger partial charge in [-0.25, -0.2) is 5.43 Å². The molecule has 0 saturated carbocycles. The summed E-state index contributed by atoms with van der Waals surface area (Å²) < 4.78 is 5.14. The average molecular weight is 362 g/mol. The summed E-state index contributed by atoms with van der Waals surface area (Å²) in [6, 6.07) is 19.4. The second-order valence-electron chi connectivity index (χ2n) is 6.17. The van der Waals surface area contributed by atoms with Crippen LogP contribution in [0.4, 0.5) is 0 Å². The van der Waals surface area contributed by atoms with Crippen molar-refractivity contribution >= 4 is 11.6 Å². The highest BCUT2D eigenvalue weighted by Gasteiger charge is 2.10. The number of H-pyrrole nitrogens is 1. The van der Waals surface area contributed by atoms with E-state index in [0.717, 1.165) is 29.9 Å². The van der Waals surface area contributed by atoms with Crippen molar-refractivity contribution in [2.75, 3.05) is 7.11 Å². The van der Waals surface area contributed by atoms with Crippen molar-refractivity contribution in [3.8, 4) is 17.0 Å². The van der Waals surface area contributed by atoms with Crippen LogP contribution in [0.3, 0.4) is 0 Å². The van der Waals surface area contributed by atoms with E-state index in [4.69, 9.17) is 4.74 Å². The number of carbonyl (C=O) groups excluding carboxylic acids is 1. The van der Waals surface area contributed by atoms with Gasteiger partial charge in [0.15, 0.2) is 0 Å². The Hall–Kier alpha value is -3.41. The molecule has 2 aromatic carbocycles. The number of hydrazone groups is 1. The zero-order valence-electron chi connectivity index (χ0n) is 15.4. The molecule has 0 spiro atoms. The molecule has 0 bridgehead atoms. The number of nitrogens with zero attached hydrogens (tertiary/aromatic N) is 2. The van der Waals surface area contributed by atoms with E-state index < -0.39 is 0 Å². The Morgan fingerprint density at radius 1 is 1.15 bits per heavy atom. The van der Waals surface area contributed by atoms with Crippen molar-refractivity contribution in [2.45, 2.75) is 19.8 Å². The van der Waals surface area contributed by atoms with Crippen molar-refractivity contribution in [3.05, 3.63) is 71.9 Å². The van der Waals surface area contributed by atoms with Crippen LogP contribution in [-0.4, -0.2) is 28.9 Å². The van der Waals surface area contributed by atoms with E-state index in [1.165, 1.54) is 5.56 Å². The van der Waals surface area contributed by atoms with Gasteiger partial charge in [-0.2, -0.15) is 10.2 Å². The number of benzene rings is 2. The predicted molar refractivity (Wildman–Crippen MR) is 106 cm³/mol. The van der Waals surface area contributed by atoms with E-state index in [2.05, 4.69) is 32.9 Å². The molecule has 3 aromatic rings. The Kier molecular flexibility index (Phi) is 5.99. The third kappa shape index (κ3) is 5.04. The van der Waals surface area contributed by atoms with E-state index in [0.29, 0.717) is 11.4 Å². The molecule has 0 saturated heterocycles. The van der Waals surface area contributed by atoms with E-state index in [1.54, 1.807) is 13.2 Å². The highest BCUT2D eigenvalue weighted by molar-refractivity contribution is 5.94. The summed E-state index contributed by atoms with van der Waals surface area (Å²) in [5.41, 5.74) is 6.63. The zero-order chi connectivity index (χ0) is 19.1. The molecule has 1 heterocycles. The van der Waals surface area contributed by atoms with Crippen molar-refractivity contribution in [2.24, 2.45) is 5.10 Å². The quantitative estimate of drug-likeness (QED) is 0.495. The summed E-state index contributed by atoms with van der Waals surface area (Å²) in [6.07, 6.45) is 1.67. The fraction of sp³-hybridized carbons (Fsp3) is 0.190. The molecule has 0 aliphatic heterocycles. The summed E-state index contributed by atoms with van der Waals surface area (Å²) in [5.74, 6) is 0.453. The first kappa shape index (κ1) is 18.4. The van der Waals surface area contributed by atoms with Gasteiger partial charge in [0.2, 0.25) is 0 Å². The van der Waals surface area contributed by atoms with Crippen molar-refractivity contribution in [3.63, 3.8) is 0 Å². The third-order valence-corrected chi connectivity index (χ3v) is 4.17. The maximum atomic E-state index is 12.3. The second-order valence-corrected chi connectivity index (χ2v) is 6.17. The molecule has 0 aliphatic carbocycles. The fourth-order valence-corrected chi connectivity index (χ4v) is 2.58. The number of hydrogen-bond donors (Lipinski definition) is 2. The topological polar surface area (TPSA) is 79.4 Å². The number of methoxy groups -OCH3 is 1. The minimum absolute atomic E-state index is 0.318. The first-order valence-corrected chi connectivity index (χ1v) is 8.73. The average Bonchev–Trinajstić information content (AvgIpc) is 3.21. The molecule has 1 amide bonds. The molecule has 1 aromatic heterocycles. The molecule has 2 N–H and O–H groups in total. The summed E-state index contributed by atoms with van der Waals surface area (Å²) in [5, 5.41) is 11.1. The van der Waals surface area contributed by atoms with Gasteiger partial charge in [0.1, 0.15) is 11.4 Å². The lowest BCUT2D eigenvalue weighted by Gasteiger charge is -2.02. The van der Waals surface area contributed by atoms with Gasteiger partial charge in [0.05, 0.1) is 12.8 Å². The van der Waals surface area contributed by atoms with Crippen LogP contribution in [0, 0.1) is 0 Å². The van der Waals surface area contributed by atoms with E-state index >= 15 is 0 Å². The molecule has 6 nitrogen and oxygen atoms in total. The third-order valence-electron chi connectivity index (χ3n) is 4.17. The fourth-order valence-electron chi connectivity index (χ4n) is 2.58. The SMILES string of the molecule is COc1ccc(-c2cc(C(=O)NN=C(C)CCc3ccccc3)[nH]n2)cc1. The highest BCUT2D eigenvalue weighted by atomic mass is 16.5. The normalized spacial score (nSPS) is 11.3. The lowest BCUT2D eigenvalue weighted by atomic mass is 10.1. The standard InChI is InChI=1S/C21H22N4O2/c1-15(8-9-16-6-4-3-5-7-16)22-25-21(26)20-14-19(23-24-20)17-10-12-18(27-2)13-11-17/h3-7,10-14H,8-9H2,1-2H3,(H,23,24)(H,25,26). The summed E-state index contributed by atoms with van der Waals surface area (Å²) >= 11 is 0. The molecule has 6 heteroatoms. The van der Waals surface area contributed by atoms with Crippen LogP contribution in [0.25, 0.3) is 11.3 Å². The molecule has 0 aliphatic rings. The Bertz CT molecular complexity index is 915. The van der Waals surface area contributed by atoms with Gasteiger partial charge in [0, 0.05) is 11.3 Å². The van der Waals surface area contributed by atoms with Gasteiger partial charge in [-0.1, -0.05) is 30.3 Å². The van der Waals surface area contributed by atoms with Gasteiger partial charge >= 0.3 is 0 Å². The number of aromatic amines is 1. The van der Waals surface area contributed by atoms with Gasteiger partial charge in [-0.05, 0) is 55.7 Å². The molecule has 0 unspecified atom stereocenters. The van der Waals surface area contributed by atoms with Crippen LogP contribution in [0.5, 0.6) is 5.75 Å². The summed E-state index contributed by atoms with van der Waals surface area (Å²) in [6.45, 7) is 1.90. The Morgan fingerprint density at radius 2 is 1.89 bits per heavy atom. The minimum atomic E-state index is -0.318. The molecule has 0 atom stereocenters. The number of aromatic nitrogens is 2. The van der Waals surface area contributed by atoms with Crippen LogP contribution in [-0.2, 0) is 6.42 Å². The largest absolute Gasteiger partial charge is 0.497 e. The number of hydrogen-bond acceptors (Lipinski definition) is 4. The molecule has 138 valence electrons. The highest BCUT2D eigenvalue weighted by Crippen LogP contribution is 2.21. The predicted octanol–water partition coefficient (Wildman–Crippen LogP) is 3.82. The molecular weight excluding hydrogens is 340 g/mol. The van der Waals surface area contributed by atoms with Crippen molar-refractivity contribution < 1.29 is 9.53 Å². The molecule has 3 rings (SSSR count). The Morgan fingerprint density at radius 3 is 2.59 bits per heavy atom. The van der Waals surface area contributed by atoms with Crippen molar-refractivity contribution in [1.82, 2.24) is 15.6 Å². The van der Waals surface area contributed by atoms with Crippen LogP contribution in [0.2, 0.25) is 0 Å².